The molecule has 0 unspecified atom stereocenters. The van der Waals surface area contributed by atoms with Crippen LogP contribution in [0.5, 0.6) is 0 Å². The fourth-order valence-electron chi connectivity index (χ4n) is 2.76. The zero-order valence-corrected chi connectivity index (χ0v) is 13.0. The normalized spacial score (nSPS) is 10.9. The number of anilines is 1. The van der Waals surface area contributed by atoms with Crippen molar-refractivity contribution in [3.63, 3.8) is 0 Å². The molecule has 2 aromatic heterocycles. The first-order valence-corrected chi connectivity index (χ1v) is 7.57. The first-order chi connectivity index (χ1) is 11.7. The molecule has 0 aliphatic rings. The van der Waals surface area contributed by atoms with Gasteiger partial charge in [-0.05, 0) is 37.3 Å². The number of aromatic nitrogens is 4. The second kappa shape index (κ2) is 5.66. The summed E-state index contributed by atoms with van der Waals surface area (Å²) in [5, 5.41) is 9.28. The van der Waals surface area contributed by atoms with Crippen molar-refractivity contribution in [2.45, 2.75) is 6.92 Å². The fraction of sp³-hybridized carbons (Fsp3) is 0.0556. The third kappa shape index (κ3) is 2.44. The molecule has 0 bridgehead atoms. The number of aryl methyl sites for hydroxylation is 1. The van der Waals surface area contributed by atoms with Gasteiger partial charge < -0.3 is 5.32 Å². The van der Waals surface area contributed by atoms with E-state index in [2.05, 4.69) is 25.1 Å². The Bertz CT molecular complexity index is 1000. The van der Waals surface area contributed by atoms with Gasteiger partial charge in [-0.2, -0.15) is 5.10 Å². The summed E-state index contributed by atoms with van der Waals surface area (Å²) in [6.07, 6.45) is 1.59. The molecule has 118 valence electrons. The zero-order valence-electron chi connectivity index (χ0n) is 13.0. The van der Waals surface area contributed by atoms with E-state index in [0.29, 0.717) is 11.4 Å². The van der Waals surface area contributed by atoms with Gasteiger partial charge in [0.2, 0.25) is 0 Å². The van der Waals surface area contributed by atoms with E-state index in [9.17, 15) is 4.79 Å². The molecule has 4 rings (SSSR count). The number of fused-ring (bicyclic) bond motifs is 1. The van der Waals surface area contributed by atoms with Crippen LogP contribution in [0.2, 0.25) is 0 Å². The van der Waals surface area contributed by atoms with Gasteiger partial charge in [0.05, 0.1) is 17.2 Å². The predicted octanol–water partition coefficient (Wildman–Crippen LogP) is 3.31. The molecular weight excluding hydrogens is 302 g/mol. The van der Waals surface area contributed by atoms with E-state index in [1.54, 1.807) is 24.4 Å². The predicted molar refractivity (Wildman–Crippen MR) is 92.3 cm³/mol. The number of imidazole rings is 1. The third-order valence-electron chi connectivity index (χ3n) is 3.85. The monoisotopic (exact) mass is 317 g/mol. The highest BCUT2D eigenvalue weighted by molar-refractivity contribution is 6.05. The SMILES string of the molecule is Cc1nc2cc(C(=O)Nc3ccn[nH]3)ccc2n1-c1ccccc1. The summed E-state index contributed by atoms with van der Waals surface area (Å²) in [6, 6.07) is 17.3. The van der Waals surface area contributed by atoms with Crippen molar-refractivity contribution in [3.8, 4) is 5.69 Å². The lowest BCUT2D eigenvalue weighted by molar-refractivity contribution is 0.102. The molecule has 2 heterocycles. The molecule has 6 heteroatoms. The number of aromatic amines is 1. The van der Waals surface area contributed by atoms with Crippen LogP contribution in [-0.2, 0) is 0 Å². The maximum atomic E-state index is 12.3. The van der Waals surface area contributed by atoms with Gasteiger partial charge in [0, 0.05) is 17.3 Å². The Balaban J connectivity index is 1.73. The molecule has 6 nitrogen and oxygen atoms in total. The molecule has 24 heavy (non-hydrogen) atoms. The lowest BCUT2D eigenvalue weighted by Gasteiger charge is -2.07. The number of carbonyl (C=O) groups is 1. The lowest BCUT2D eigenvalue weighted by Crippen LogP contribution is -2.12. The molecule has 4 aromatic rings. The summed E-state index contributed by atoms with van der Waals surface area (Å²) in [6.45, 7) is 1.96. The summed E-state index contributed by atoms with van der Waals surface area (Å²) in [7, 11) is 0. The maximum absolute atomic E-state index is 12.3. The largest absolute Gasteiger partial charge is 0.307 e. The van der Waals surface area contributed by atoms with Gasteiger partial charge in [0.15, 0.2) is 0 Å². The van der Waals surface area contributed by atoms with Crippen molar-refractivity contribution in [3.05, 3.63) is 72.2 Å². The van der Waals surface area contributed by atoms with E-state index in [4.69, 9.17) is 0 Å². The Labute approximate surface area is 138 Å². The van der Waals surface area contributed by atoms with Gasteiger partial charge in [0.25, 0.3) is 5.91 Å². The number of nitrogens with one attached hydrogen (secondary N) is 2. The first-order valence-electron chi connectivity index (χ1n) is 7.57. The van der Waals surface area contributed by atoms with Crippen molar-refractivity contribution in [1.29, 1.82) is 0 Å². The second-order valence-electron chi connectivity index (χ2n) is 5.46. The molecule has 0 spiro atoms. The number of amides is 1. The lowest BCUT2D eigenvalue weighted by atomic mass is 10.2. The minimum atomic E-state index is -0.201. The Morgan fingerprint density at radius 3 is 2.71 bits per heavy atom. The van der Waals surface area contributed by atoms with Crippen LogP contribution in [0.1, 0.15) is 16.2 Å². The smallest absolute Gasteiger partial charge is 0.256 e. The van der Waals surface area contributed by atoms with Gasteiger partial charge >= 0.3 is 0 Å². The number of hydrogen-bond donors (Lipinski definition) is 2. The average Bonchev–Trinajstić information content (AvgIpc) is 3.21. The zero-order chi connectivity index (χ0) is 16.5. The van der Waals surface area contributed by atoms with E-state index < -0.39 is 0 Å². The maximum Gasteiger partial charge on any atom is 0.256 e. The molecule has 0 aliphatic carbocycles. The van der Waals surface area contributed by atoms with E-state index in [1.165, 1.54) is 0 Å². The third-order valence-corrected chi connectivity index (χ3v) is 3.85. The van der Waals surface area contributed by atoms with Crippen LogP contribution in [0.25, 0.3) is 16.7 Å². The number of H-pyrrole nitrogens is 1. The van der Waals surface area contributed by atoms with Gasteiger partial charge in [0.1, 0.15) is 11.6 Å². The number of benzene rings is 2. The van der Waals surface area contributed by atoms with Gasteiger partial charge in [-0.25, -0.2) is 4.98 Å². The van der Waals surface area contributed by atoms with Crippen LogP contribution in [0, 0.1) is 6.92 Å². The fourth-order valence-corrected chi connectivity index (χ4v) is 2.76. The van der Waals surface area contributed by atoms with Crippen molar-refractivity contribution in [2.75, 3.05) is 5.32 Å². The quantitative estimate of drug-likeness (QED) is 0.608. The highest BCUT2D eigenvalue weighted by Crippen LogP contribution is 2.22. The Morgan fingerprint density at radius 2 is 1.96 bits per heavy atom. The Kier molecular flexibility index (Phi) is 3.35. The molecule has 0 saturated carbocycles. The molecule has 2 N–H and O–H groups in total. The van der Waals surface area contributed by atoms with Gasteiger partial charge in [-0.1, -0.05) is 18.2 Å². The average molecular weight is 317 g/mol. The number of rotatable bonds is 3. The van der Waals surface area contributed by atoms with E-state index in [0.717, 1.165) is 22.5 Å². The standard InChI is InChI=1S/C18H15N5O/c1-12-20-15-11-13(18(24)21-17-9-10-19-22-17)7-8-16(15)23(12)14-5-3-2-4-6-14/h2-11H,1H3,(H2,19,21,22,24). The van der Waals surface area contributed by atoms with Crippen LogP contribution < -0.4 is 5.32 Å². The van der Waals surface area contributed by atoms with E-state index in [1.807, 2.05) is 43.3 Å². The minimum Gasteiger partial charge on any atom is -0.307 e. The van der Waals surface area contributed by atoms with Crippen LogP contribution in [0.3, 0.4) is 0 Å². The second-order valence-corrected chi connectivity index (χ2v) is 5.46. The molecule has 0 saturated heterocycles. The van der Waals surface area contributed by atoms with Crippen LogP contribution in [0.15, 0.2) is 60.8 Å². The van der Waals surface area contributed by atoms with Crippen LogP contribution in [-0.4, -0.2) is 25.7 Å². The van der Waals surface area contributed by atoms with Crippen molar-refractivity contribution >= 4 is 22.8 Å². The highest BCUT2D eigenvalue weighted by atomic mass is 16.1. The summed E-state index contributed by atoms with van der Waals surface area (Å²) in [5.41, 5.74) is 3.35. The van der Waals surface area contributed by atoms with Crippen molar-refractivity contribution in [1.82, 2.24) is 19.7 Å². The number of carbonyl (C=O) groups excluding carboxylic acids is 1. The molecule has 1 amide bonds. The van der Waals surface area contributed by atoms with Crippen molar-refractivity contribution < 1.29 is 4.79 Å². The Hall–Kier alpha value is -3.41. The topological polar surface area (TPSA) is 75.6 Å². The summed E-state index contributed by atoms with van der Waals surface area (Å²) >= 11 is 0. The molecule has 0 radical (unpaired) electrons. The Morgan fingerprint density at radius 1 is 1.12 bits per heavy atom. The number of nitrogens with zero attached hydrogens (tertiary/aromatic N) is 3. The van der Waals surface area contributed by atoms with E-state index >= 15 is 0 Å². The highest BCUT2D eigenvalue weighted by Gasteiger charge is 2.13. The van der Waals surface area contributed by atoms with Crippen LogP contribution in [0.4, 0.5) is 5.82 Å². The molecule has 0 fully saturated rings. The summed E-state index contributed by atoms with van der Waals surface area (Å²) in [5.74, 6) is 1.24. The number of para-hydroxylation sites is 1. The summed E-state index contributed by atoms with van der Waals surface area (Å²) in [4.78, 5) is 16.9. The van der Waals surface area contributed by atoms with Crippen LogP contribution >= 0.6 is 0 Å². The first kappa shape index (κ1) is 14.2. The molecule has 0 aliphatic heterocycles. The summed E-state index contributed by atoms with van der Waals surface area (Å²) < 4.78 is 2.08. The number of hydrogen-bond acceptors (Lipinski definition) is 3. The molecular formula is C18H15N5O. The molecule has 2 aromatic carbocycles. The van der Waals surface area contributed by atoms with Crippen molar-refractivity contribution in [2.24, 2.45) is 0 Å². The molecule has 0 atom stereocenters. The van der Waals surface area contributed by atoms with Gasteiger partial charge in [-0.3, -0.25) is 14.5 Å². The van der Waals surface area contributed by atoms with Gasteiger partial charge in [-0.15, -0.1) is 0 Å². The van der Waals surface area contributed by atoms with E-state index in [-0.39, 0.29) is 5.91 Å². The minimum absolute atomic E-state index is 0.201.